The van der Waals surface area contributed by atoms with Crippen LogP contribution in [0, 0.1) is 0 Å². The van der Waals surface area contributed by atoms with Crippen LogP contribution in [0.3, 0.4) is 0 Å². The van der Waals surface area contributed by atoms with E-state index in [0.717, 1.165) is 10.9 Å². The maximum Gasteiger partial charge on any atom is 0.310 e. The maximum absolute atomic E-state index is 11.2. The monoisotopic (exact) mass is 235 g/mol. The highest BCUT2D eigenvalue weighted by Crippen LogP contribution is 2.20. The van der Waals surface area contributed by atoms with Crippen LogP contribution in [0.2, 0.25) is 5.15 Å². The first-order chi connectivity index (χ1) is 7.70. The number of ether oxygens (including phenoxy) is 1. The molecule has 2 rings (SSSR count). The Morgan fingerprint density at radius 3 is 2.94 bits per heavy atom. The second-order valence-electron chi connectivity index (χ2n) is 3.38. The first-order valence-electron chi connectivity index (χ1n) is 4.81. The molecular weight excluding hydrogens is 226 g/mol. The number of aromatic nitrogens is 1. The Morgan fingerprint density at radius 2 is 2.19 bits per heavy atom. The molecule has 1 heterocycles. The van der Waals surface area contributed by atoms with Gasteiger partial charge in [-0.05, 0) is 12.1 Å². The summed E-state index contributed by atoms with van der Waals surface area (Å²) < 4.78 is 4.60. The Balaban J connectivity index is 2.46. The molecule has 0 aliphatic carbocycles. The molecule has 0 spiro atoms. The Bertz CT molecular complexity index is 540. The Morgan fingerprint density at radius 1 is 1.44 bits per heavy atom. The molecule has 0 unspecified atom stereocenters. The van der Waals surface area contributed by atoms with Gasteiger partial charge in [0, 0.05) is 10.9 Å². The molecule has 1 aromatic carbocycles. The third-order valence-electron chi connectivity index (χ3n) is 2.31. The van der Waals surface area contributed by atoms with Gasteiger partial charge in [-0.3, -0.25) is 4.79 Å². The number of carbonyl (C=O) groups is 1. The normalized spacial score (nSPS) is 10.4. The minimum Gasteiger partial charge on any atom is -0.469 e. The summed E-state index contributed by atoms with van der Waals surface area (Å²) in [6.07, 6.45) is 0.146. The number of halogens is 1. The first-order valence-corrected chi connectivity index (χ1v) is 5.19. The molecule has 0 aliphatic rings. The highest BCUT2D eigenvalue weighted by atomic mass is 35.5. The van der Waals surface area contributed by atoms with E-state index < -0.39 is 0 Å². The number of esters is 1. The highest BCUT2D eigenvalue weighted by Gasteiger charge is 2.09. The number of rotatable bonds is 2. The number of para-hydroxylation sites is 1. The lowest BCUT2D eigenvalue weighted by molar-refractivity contribution is -0.139. The van der Waals surface area contributed by atoms with Gasteiger partial charge in [-0.25, -0.2) is 4.98 Å². The van der Waals surface area contributed by atoms with Crippen molar-refractivity contribution in [2.45, 2.75) is 6.42 Å². The van der Waals surface area contributed by atoms with Crippen molar-refractivity contribution in [1.29, 1.82) is 0 Å². The Hall–Kier alpha value is -1.61. The van der Waals surface area contributed by atoms with Crippen molar-refractivity contribution >= 4 is 28.5 Å². The molecule has 3 nitrogen and oxygen atoms in total. The molecule has 0 saturated carbocycles. The van der Waals surface area contributed by atoms with E-state index in [9.17, 15) is 4.79 Å². The van der Waals surface area contributed by atoms with Gasteiger partial charge in [-0.2, -0.15) is 0 Å². The van der Waals surface area contributed by atoms with E-state index in [1.54, 1.807) is 0 Å². The molecule has 1 aromatic heterocycles. The van der Waals surface area contributed by atoms with Crippen LogP contribution >= 0.6 is 11.6 Å². The lowest BCUT2D eigenvalue weighted by Gasteiger charge is -2.04. The van der Waals surface area contributed by atoms with Crippen LogP contribution in [-0.4, -0.2) is 18.1 Å². The zero-order valence-electron chi connectivity index (χ0n) is 8.74. The third-order valence-corrected chi connectivity index (χ3v) is 2.64. The quantitative estimate of drug-likeness (QED) is 0.593. The van der Waals surface area contributed by atoms with Crippen molar-refractivity contribution < 1.29 is 9.53 Å². The molecule has 0 atom stereocenters. The fourth-order valence-corrected chi connectivity index (χ4v) is 1.70. The van der Waals surface area contributed by atoms with Crippen LogP contribution in [0.5, 0.6) is 0 Å². The number of methoxy groups -OCH3 is 1. The zero-order chi connectivity index (χ0) is 11.5. The summed E-state index contributed by atoms with van der Waals surface area (Å²) >= 11 is 5.99. The van der Waals surface area contributed by atoms with Crippen molar-refractivity contribution in [1.82, 2.24) is 4.98 Å². The molecule has 2 aromatic rings. The number of carbonyl (C=O) groups excluding carboxylic acids is 1. The fraction of sp³-hybridized carbons (Fsp3) is 0.167. The Labute approximate surface area is 98.0 Å². The predicted octanol–water partition coefficient (Wildman–Crippen LogP) is 2.60. The SMILES string of the molecule is COC(=O)Cc1cc2ccccc2nc1Cl. The van der Waals surface area contributed by atoms with Gasteiger partial charge in [0.15, 0.2) is 0 Å². The molecule has 0 bridgehead atoms. The number of pyridine rings is 1. The summed E-state index contributed by atoms with van der Waals surface area (Å²) in [4.78, 5) is 15.4. The van der Waals surface area contributed by atoms with Crippen molar-refractivity contribution in [2.75, 3.05) is 7.11 Å². The number of hydrogen-bond acceptors (Lipinski definition) is 3. The van der Waals surface area contributed by atoms with Gasteiger partial charge >= 0.3 is 5.97 Å². The third kappa shape index (κ3) is 2.14. The van der Waals surface area contributed by atoms with Gasteiger partial charge in [0.25, 0.3) is 0 Å². The summed E-state index contributed by atoms with van der Waals surface area (Å²) in [5.41, 5.74) is 1.51. The lowest BCUT2D eigenvalue weighted by atomic mass is 10.1. The van der Waals surface area contributed by atoms with Crippen LogP contribution in [0.4, 0.5) is 0 Å². The fourth-order valence-electron chi connectivity index (χ4n) is 1.49. The van der Waals surface area contributed by atoms with E-state index in [2.05, 4.69) is 9.72 Å². The van der Waals surface area contributed by atoms with Crippen molar-refractivity contribution in [3.63, 3.8) is 0 Å². The summed E-state index contributed by atoms with van der Waals surface area (Å²) in [5, 5.41) is 1.31. The number of nitrogens with zero attached hydrogens (tertiary/aromatic N) is 1. The summed E-state index contributed by atoms with van der Waals surface area (Å²) in [5.74, 6) is -0.320. The molecule has 0 fully saturated rings. The maximum atomic E-state index is 11.2. The smallest absolute Gasteiger partial charge is 0.310 e. The standard InChI is InChI=1S/C12H10ClNO2/c1-16-11(15)7-9-6-8-4-2-3-5-10(8)14-12(9)13/h2-6H,7H2,1H3. The van der Waals surface area contributed by atoms with Gasteiger partial charge in [-0.1, -0.05) is 29.8 Å². The summed E-state index contributed by atoms with van der Waals surface area (Å²) in [6.45, 7) is 0. The average Bonchev–Trinajstić information content (AvgIpc) is 2.30. The van der Waals surface area contributed by atoms with E-state index in [-0.39, 0.29) is 12.4 Å². The molecular formula is C12H10ClNO2. The molecule has 82 valence electrons. The molecule has 4 heteroatoms. The second-order valence-corrected chi connectivity index (χ2v) is 3.74. The summed E-state index contributed by atoms with van der Waals surface area (Å²) in [7, 11) is 1.35. The molecule has 0 radical (unpaired) electrons. The van der Waals surface area contributed by atoms with Gasteiger partial charge < -0.3 is 4.74 Å². The lowest BCUT2D eigenvalue weighted by Crippen LogP contribution is -2.05. The van der Waals surface area contributed by atoms with Crippen LogP contribution in [-0.2, 0) is 16.0 Å². The topological polar surface area (TPSA) is 39.2 Å². The molecule has 0 aliphatic heterocycles. The molecule has 0 N–H and O–H groups in total. The molecule has 0 saturated heterocycles. The highest BCUT2D eigenvalue weighted by molar-refractivity contribution is 6.30. The Kier molecular flexibility index (Phi) is 3.06. The van der Waals surface area contributed by atoms with E-state index >= 15 is 0 Å². The van der Waals surface area contributed by atoms with Crippen LogP contribution in [0.25, 0.3) is 10.9 Å². The second kappa shape index (κ2) is 4.49. The minimum atomic E-state index is -0.320. The zero-order valence-corrected chi connectivity index (χ0v) is 9.49. The van der Waals surface area contributed by atoms with E-state index in [1.807, 2.05) is 30.3 Å². The number of benzene rings is 1. The van der Waals surface area contributed by atoms with E-state index in [4.69, 9.17) is 11.6 Å². The summed E-state index contributed by atoms with van der Waals surface area (Å²) in [6, 6.07) is 9.48. The van der Waals surface area contributed by atoms with Gasteiger partial charge in [-0.15, -0.1) is 0 Å². The molecule has 16 heavy (non-hydrogen) atoms. The van der Waals surface area contributed by atoms with Gasteiger partial charge in [0.2, 0.25) is 0 Å². The van der Waals surface area contributed by atoms with Gasteiger partial charge in [0.1, 0.15) is 5.15 Å². The van der Waals surface area contributed by atoms with Gasteiger partial charge in [0.05, 0.1) is 19.0 Å². The average molecular weight is 236 g/mol. The van der Waals surface area contributed by atoms with Crippen molar-refractivity contribution in [2.24, 2.45) is 0 Å². The first kappa shape index (κ1) is 10.9. The van der Waals surface area contributed by atoms with E-state index in [1.165, 1.54) is 7.11 Å². The van der Waals surface area contributed by atoms with Crippen molar-refractivity contribution in [3.05, 3.63) is 41.0 Å². The van der Waals surface area contributed by atoms with Crippen LogP contribution in [0.1, 0.15) is 5.56 Å². The molecule has 0 amide bonds. The number of hydrogen-bond donors (Lipinski definition) is 0. The van der Waals surface area contributed by atoms with Crippen LogP contribution < -0.4 is 0 Å². The number of fused-ring (bicyclic) bond motifs is 1. The van der Waals surface area contributed by atoms with Crippen LogP contribution in [0.15, 0.2) is 30.3 Å². The largest absolute Gasteiger partial charge is 0.469 e. The minimum absolute atomic E-state index is 0.146. The van der Waals surface area contributed by atoms with E-state index in [0.29, 0.717) is 10.7 Å². The van der Waals surface area contributed by atoms with Crippen molar-refractivity contribution in [3.8, 4) is 0 Å². The predicted molar refractivity (Wildman–Crippen MR) is 62.5 cm³/mol.